The first-order chi connectivity index (χ1) is 6.54. The average Bonchev–Trinajstić information content (AvgIpc) is 2.48. The van der Waals surface area contributed by atoms with E-state index in [1.807, 2.05) is 0 Å². The molecule has 0 aliphatic rings. The number of aromatic nitrogens is 2. The van der Waals surface area contributed by atoms with Crippen molar-refractivity contribution in [3.05, 3.63) is 17.5 Å². The Morgan fingerprint density at radius 2 is 2.36 bits per heavy atom. The summed E-state index contributed by atoms with van der Waals surface area (Å²) in [6.07, 6.45) is -2.62. The van der Waals surface area contributed by atoms with Crippen molar-refractivity contribution in [1.29, 1.82) is 0 Å². The lowest BCUT2D eigenvalue weighted by Gasteiger charge is -2.01. The van der Waals surface area contributed by atoms with Crippen LogP contribution in [0.2, 0.25) is 0 Å². The normalized spacial score (nSPS) is 10.6. The van der Waals surface area contributed by atoms with Crippen molar-refractivity contribution in [2.45, 2.75) is 19.9 Å². The summed E-state index contributed by atoms with van der Waals surface area (Å²) in [5.74, 6) is -0.517. The van der Waals surface area contributed by atoms with Crippen molar-refractivity contribution in [3.63, 3.8) is 0 Å². The molecule has 0 fully saturated rings. The van der Waals surface area contributed by atoms with Crippen molar-refractivity contribution in [2.75, 3.05) is 7.11 Å². The van der Waals surface area contributed by atoms with E-state index in [0.29, 0.717) is 5.69 Å². The van der Waals surface area contributed by atoms with Gasteiger partial charge in [0.05, 0.1) is 7.11 Å². The number of methoxy groups -OCH3 is 1. The molecule has 0 aliphatic heterocycles. The van der Waals surface area contributed by atoms with Crippen LogP contribution in [-0.2, 0) is 16.1 Å². The molecule has 0 atom stereocenters. The second kappa shape index (κ2) is 4.17. The van der Waals surface area contributed by atoms with Crippen molar-refractivity contribution in [1.82, 2.24) is 9.78 Å². The maximum Gasteiger partial charge on any atom is 0.327 e. The van der Waals surface area contributed by atoms with Crippen LogP contribution in [0.1, 0.15) is 17.8 Å². The summed E-state index contributed by atoms with van der Waals surface area (Å²) in [4.78, 5) is 10.8. The summed E-state index contributed by atoms with van der Waals surface area (Å²) in [7, 11) is 1.23. The fourth-order valence-corrected chi connectivity index (χ4v) is 0.989. The van der Waals surface area contributed by atoms with Gasteiger partial charge in [-0.2, -0.15) is 5.10 Å². The number of carbonyl (C=O) groups is 1. The van der Waals surface area contributed by atoms with Crippen LogP contribution in [0.25, 0.3) is 0 Å². The minimum Gasteiger partial charge on any atom is -0.468 e. The zero-order chi connectivity index (χ0) is 10.7. The molecule has 4 nitrogen and oxygen atoms in total. The van der Waals surface area contributed by atoms with E-state index in [-0.39, 0.29) is 12.2 Å². The summed E-state index contributed by atoms with van der Waals surface area (Å²) >= 11 is 0. The van der Waals surface area contributed by atoms with Gasteiger partial charge in [-0.3, -0.25) is 9.48 Å². The molecule has 0 radical (unpaired) electrons. The van der Waals surface area contributed by atoms with Gasteiger partial charge in [0.2, 0.25) is 0 Å². The van der Waals surface area contributed by atoms with Crippen LogP contribution in [0.3, 0.4) is 0 Å². The lowest BCUT2D eigenvalue weighted by molar-refractivity contribution is -0.141. The molecule has 1 aromatic rings. The number of alkyl halides is 2. The molecular formula is C8H10F2N2O2. The van der Waals surface area contributed by atoms with Crippen LogP contribution in [0.4, 0.5) is 8.78 Å². The standard InChI is InChI=1S/C8H10F2N2O2/c1-5-3-6(8(9)10)11-12(5)4-7(13)14-2/h3,8H,4H2,1-2H3. The Balaban J connectivity index is 2.82. The number of halogens is 2. The lowest BCUT2D eigenvalue weighted by atomic mass is 10.4. The molecule has 14 heavy (non-hydrogen) atoms. The Kier molecular flexibility index (Phi) is 3.16. The van der Waals surface area contributed by atoms with Gasteiger partial charge in [0.15, 0.2) is 0 Å². The number of hydrogen-bond donors (Lipinski definition) is 0. The first-order valence-corrected chi connectivity index (χ1v) is 3.94. The fraction of sp³-hybridized carbons (Fsp3) is 0.500. The number of rotatable bonds is 3. The molecule has 78 valence electrons. The zero-order valence-electron chi connectivity index (χ0n) is 7.83. The molecule has 1 heterocycles. The van der Waals surface area contributed by atoms with Crippen molar-refractivity contribution in [3.8, 4) is 0 Å². The highest BCUT2D eigenvalue weighted by Gasteiger charge is 2.14. The Morgan fingerprint density at radius 1 is 1.71 bits per heavy atom. The van der Waals surface area contributed by atoms with Gasteiger partial charge < -0.3 is 4.74 Å². The third kappa shape index (κ3) is 2.27. The van der Waals surface area contributed by atoms with Gasteiger partial charge in [0.1, 0.15) is 12.2 Å². The molecule has 0 N–H and O–H groups in total. The number of ether oxygens (including phenoxy) is 1. The largest absolute Gasteiger partial charge is 0.468 e. The number of hydrogen-bond acceptors (Lipinski definition) is 3. The predicted molar refractivity (Wildman–Crippen MR) is 43.9 cm³/mol. The number of nitrogens with zero attached hydrogens (tertiary/aromatic N) is 2. The Bertz CT molecular complexity index is 336. The van der Waals surface area contributed by atoms with Gasteiger partial charge in [-0.15, -0.1) is 0 Å². The second-order valence-electron chi connectivity index (χ2n) is 2.75. The van der Waals surface area contributed by atoms with E-state index in [4.69, 9.17) is 0 Å². The highest BCUT2D eigenvalue weighted by Crippen LogP contribution is 2.17. The lowest BCUT2D eigenvalue weighted by Crippen LogP contribution is -2.14. The quantitative estimate of drug-likeness (QED) is 0.697. The SMILES string of the molecule is COC(=O)Cn1nc(C(F)F)cc1C. The summed E-state index contributed by atoms with van der Waals surface area (Å²) in [6, 6.07) is 1.24. The second-order valence-corrected chi connectivity index (χ2v) is 2.75. The Labute approximate surface area is 79.5 Å². The summed E-state index contributed by atoms with van der Waals surface area (Å²) in [5, 5.41) is 3.56. The highest BCUT2D eigenvalue weighted by molar-refractivity contribution is 5.68. The number of esters is 1. The van der Waals surface area contributed by atoms with Crippen LogP contribution in [0, 0.1) is 6.92 Å². The third-order valence-corrected chi connectivity index (χ3v) is 1.73. The smallest absolute Gasteiger partial charge is 0.327 e. The number of carbonyl (C=O) groups excluding carboxylic acids is 1. The molecule has 1 aromatic heterocycles. The molecule has 0 saturated heterocycles. The van der Waals surface area contributed by atoms with Gasteiger partial charge in [0.25, 0.3) is 6.43 Å². The Morgan fingerprint density at radius 3 is 2.79 bits per heavy atom. The van der Waals surface area contributed by atoms with E-state index < -0.39 is 12.4 Å². The van der Waals surface area contributed by atoms with E-state index in [2.05, 4.69) is 9.84 Å². The molecular weight excluding hydrogens is 194 g/mol. The molecule has 0 bridgehead atoms. The van der Waals surface area contributed by atoms with E-state index >= 15 is 0 Å². The maximum atomic E-state index is 12.2. The first kappa shape index (κ1) is 10.6. The summed E-state index contributed by atoms with van der Waals surface area (Å²) in [6.45, 7) is 1.46. The van der Waals surface area contributed by atoms with Crippen LogP contribution in [-0.4, -0.2) is 22.9 Å². The molecule has 0 aliphatic carbocycles. The molecule has 6 heteroatoms. The van der Waals surface area contributed by atoms with Crippen molar-refractivity contribution < 1.29 is 18.3 Å². The zero-order valence-corrected chi connectivity index (χ0v) is 7.83. The fourth-order valence-electron chi connectivity index (χ4n) is 0.989. The first-order valence-electron chi connectivity index (χ1n) is 3.94. The predicted octanol–water partition coefficient (Wildman–Crippen LogP) is 1.30. The topological polar surface area (TPSA) is 44.1 Å². The summed E-state index contributed by atoms with van der Waals surface area (Å²) < 4.78 is 30.0. The molecule has 0 spiro atoms. The summed E-state index contributed by atoms with van der Waals surface area (Å²) in [5.41, 5.74) is 0.178. The minimum absolute atomic E-state index is 0.144. The van der Waals surface area contributed by atoms with E-state index in [1.54, 1.807) is 6.92 Å². The van der Waals surface area contributed by atoms with Gasteiger partial charge in [-0.1, -0.05) is 0 Å². The molecule has 1 rings (SSSR count). The number of aryl methyl sites for hydroxylation is 1. The monoisotopic (exact) mass is 204 g/mol. The van der Waals surface area contributed by atoms with Gasteiger partial charge >= 0.3 is 5.97 Å². The van der Waals surface area contributed by atoms with Gasteiger partial charge in [-0.25, -0.2) is 8.78 Å². The van der Waals surface area contributed by atoms with Crippen molar-refractivity contribution >= 4 is 5.97 Å². The molecule has 0 amide bonds. The minimum atomic E-state index is -2.62. The van der Waals surface area contributed by atoms with Crippen LogP contribution < -0.4 is 0 Å². The van der Waals surface area contributed by atoms with Gasteiger partial charge in [-0.05, 0) is 13.0 Å². The van der Waals surface area contributed by atoms with E-state index in [0.717, 1.165) is 0 Å². The van der Waals surface area contributed by atoms with Crippen molar-refractivity contribution in [2.24, 2.45) is 0 Å². The van der Waals surface area contributed by atoms with Crippen LogP contribution in [0.15, 0.2) is 6.07 Å². The molecule has 0 saturated carbocycles. The molecule has 0 unspecified atom stereocenters. The third-order valence-electron chi connectivity index (χ3n) is 1.73. The van der Waals surface area contributed by atoms with E-state index in [9.17, 15) is 13.6 Å². The van der Waals surface area contributed by atoms with Crippen LogP contribution >= 0.6 is 0 Å². The van der Waals surface area contributed by atoms with E-state index in [1.165, 1.54) is 17.9 Å². The Hall–Kier alpha value is -1.46. The molecule has 0 aromatic carbocycles. The highest BCUT2D eigenvalue weighted by atomic mass is 19.3. The van der Waals surface area contributed by atoms with Crippen LogP contribution in [0.5, 0.6) is 0 Å². The maximum absolute atomic E-state index is 12.2. The average molecular weight is 204 g/mol. The van der Waals surface area contributed by atoms with Gasteiger partial charge in [0, 0.05) is 5.69 Å².